The van der Waals surface area contributed by atoms with Crippen molar-refractivity contribution in [1.82, 2.24) is 25.1 Å². The number of hydrogen-bond acceptors (Lipinski definition) is 7. The highest BCUT2D eigenvalue weighted by Crippen LogP contribution is 2.33. The summed E-state index contributed by atoms with van der Waals surface area (Å²) in [4.78, 5) is 11.2. The summed E-state index contributed by atoms with van der Waals surface area (Å²) in [6.07, 6.45) is 7.37. The Hall–Kier alpha value is -2.73. The maximum atomic E-state index is 13.4. The van der Waals surface area contributed by atoms with Gasteiger partial charge in [0.15, 0.2) is 0 Å². The van der Waals surface area contributed by atoms with Gasteiger partial charge in [0.1, 0.15) is 12.0 Å². The number of halogens is 1. The van der Waals surface area contributed by atoms with Crippen molar-refractivity contribution in [3.05, 3.63) is 24.2 Å². The molecule has 0 unspecified atom stereocenters. The van der Waals surface area contributed by atoms with Crippen molar-refractivity contribution in [2.45, 2.75) is 44.3 Å². The molecule has 0 spiro atoms. The van der Waals surface area contributed by atoms with E-state index in [-0.39, 0.29) is 5.54 Å². The number of nitrogens with one attached hydrogen (secondary N) is 2. The van der Waals surface area contributed by atoms with Crippen molar-refractivity contribution >= 4 is 17.5 Å². The van der Waals surface area contributed by atoms with Crippen molar-refractivity contribution in [1.29, 1.82) is 5.26 Å². The normalized spacial score (nSPS) is 22.9. The fourth-order valence-electron chi connectivity index (χ4n) is 4.26. The van der Waals surface area contributed by atoms with Crippen LogP contribution < -0.4 is 15.5 Å². The molecule has 9 heteroatoms. The van der Waals surface area contributed by atoms with Crippen LogP contribution in [0.4, 0.5) is 21.8 Å². The van der Waals surface area contributed by atoms with Crippen molar-refractivity contribution in [2.24, 2.45) is 13.0 Å². The highest BCUT2D eigenvalue weighted by Gasteiger charge is 2.44. The van der Waals surface area contributed by atoms with Gasteiger partial charge in [-0.05, 0) is 38.6 Å². The van der Waals surface area contributed by atoms with Gasteiger partial charge in [0.2, 0.25) is 5.95 Å². The zero-order chi connectivity index (χ0) is 20.4. The molecule has 0 amide bonds. The molecule has 8 nitrogen and oxygen atoms in total. The summed E-state index contributed by atoms with van der Waals surface area (Å²) in [5, 5.41) is 20.2. The molecule has 1 saturated carbocycles. The van der Waals surface area contributed by atoms with Crippen LogP contribution in [0.5, 0.6) is 0 Å². The van der Waals surface area contributed by atoms with Gasteiger partial charge in [0.25, 0.3) is 0 Å². The lowest BCUT2D eigenvalue weighted by atomic mass is 9.85. The largest absolute Gasteiger partial charge is 0.352 e. The molecule has 154 valence electrons. The maximum Gasteiger partial charge on any atom is 0.229 e. The van der Waals surface area contributed by atoms with Crippen LogP contribution in [0.25, 0.3) is 0 Å². The lowest BCUT2D eigenvalue weighted by Crippen LogP contribution is -2.70. The van der Waals surface area contributed by atoms with Crippen LogP contribution in [0.2, 0.25) is 0 Å². The van der Waals surface area contributed by atoms with Crippen LogP contribution in [0.1, 0.15) is 31.2 Å². The Morgan fingerprint density at radius 1 is 1.34 bits per heavy atom. The van der Waals surface area contributed by atoms with Gasteiger partial charge in [-0.2, -0.15) is 15.3 Å². The predicted molar refractivity (Wildman–Crippen MR) is 109 cm³/mol. The first-order chi connectivity index (χ1) is 14.0. The number of nitrogens with zero attached hydrogens (tertiary/aromatic N) is 6. The monoisotopic (exact) mass is 398 g/mol. The Bertz CT molecular complexity index is 898. The van der Waals surface area contributed by atoms with Gasteiger partial charge in [0, 0.05) is 38.1 Å². The van der Waals surface area contributed by atoms with Crippen LogP contribution >= 0.6 is 0 Å². The fourth-order valence-corrected chi connectivity index (χ4v) is 4.26. The summed E-state index contributed by atoms with van der Waals surface area (Å²) in [5.41, 5.74) is 1.56. The van der Waals surface area contributed by atoms with E-state index in [4.69, 9.17) is 0 Å². The van der Waals surface area contributed by atoms with E-state index in [1.165, 1.54) is 0 Å². The number of anilines is 3. The van der Waals surface area contributed by atoms with Crippen LogP contribution in [0, 0.1) is 24.2 Å². The van der Waals surface area contributed by atoms with E-state index in [1.54, 1.807) is 17.1 Å². The second-order valence-corrected chi connectivity index (χ2v) is 8.36. The third-order valence-electron chi connectivity index (χ3n) is 5.85. The molecular weight excluding hydrogens is 371 g/mol. The molecule has 29 heavy (non-hydrogen) atoms. The Kier molecular flexibility index (Phi) is 5.37. The van der Waals surface area contributed by atoms with Gasteiger partial charge < -0.3 is 15.5 Å². The van der Waals surface area contributed by atoms with E-state index in [9.17, 15) is 9.65 Å². The topological polar surface area (TPSA) is 94.7 Å². The predicted octanol–water partition coefficient (Wildman–Crippen LogP) is 2.46. The highest BCUT2D eigenvalue weighted by atomic mass is 19.1. The summed E-state index contributed by atoms with van der Waals surface area (Å²) in [7, 11) is 1.85. The van der Waals surface area contributed by atoms with E-state index >= 15 is 0 Å². The zero-order valence-electron chi connectivity index (χ0n) is 16.9. The minimum atomic E-state index is -0.666. The maximum absolute atomic E-state index is 13.4. The van der Waals surface area contributed by atoms with Gasteiger partial charge in [-0.3, -0.25) is 4.68 Å². The third-order valence-corrected chi connectivity index (χ3v) is 5.85. The highest BCUT2D eigenvalue weighted by molar-refractivity contribution is 5.57. The molecule has 3 heterocycles. The van der Waals surface area contributed by atoms with E-state index < -0.39 is 6.17 Å². The molecule has 2 aliphatic rings. The van der Waals surface area contributed by atoms with Crippen LogP contribution in [0.15, 0.2) is 18.6 Å². The number of nitriles is 1. The Labute approximate surface area is 170 Å². The SMILES string of the molecule is Cc1cnc(Nc2cnn(C)c2)nc1N1CC(CC#N)(NC[C@H]2CC[C@@H](F)C2)C1. The molecule has 2 aromatic rings. The summed E-state index contributed by atoms with van der Waals surface area (Å²) in [6.45, 7) is 4.17. The first-order valence-corrected chi connectivity index (χ1v) is 10.1. The number of hydrogen-bond donors (Lipinski definition) is 2. The second kappa shape index (κ2) is 7.95. The molecule has 1 aliphatic heterocycles. The number of aromatic nitrogens is 4. The summed E-state index contributed by atoms with van der Waals surface area (Å²) in [5.74, 6) is 1.75. The quantitative estimate of drug-likeness (QED) is 0.740. The summed E-state index contributed by atoms with van der Waals surface area (Å²) >= 11 is 0. The van der Waals surface area contributed by atoms with Crippen LogP contribution in [-0.2, 0) is 7.05 Å². The number of aryl methyl sites for hydroxylation is 2. The van der Waals surface area contributed by atoms with Crippen molar-refractivity contribution in [3.8, 4) is 6.07 Å². The molecule has 2 fully saturated rings. The van der Waals surface area contributed by atoms with Gasteiger partial charge in [-0.1, -0.05) is 0 Å². The lowest BCUT2D eigenvalue weighted by Gasteiger charge is -2.51. The molecule has 2 N–H and O–H groups in total. The van der Waals surface area contributed by atoms with Crippen molar-refractivity contribution < 1.29 is 4.39 Å². The average Bonchev–Trinajstić information content (AvgIpc) is 3.26. The minimum absolute atomic E-state index is 0.252. The molecule has 2 aromatic heterocycles. The van der Waals surface area contributed by atoms with Crippen LogP contribution in [0.3, 0.4) is 0 Å². The lowest BCUT2D eigenvalue weighted by molar-refractivity contribution is 0.239. The molecule has 4 rings (SSSR count). The molecule has 1 aliphatic carbocycles. The molecule has 0 radical (unpaired) electrons. The number of alkyl halides is 1. The first-order valence-electron chi connectivity index (χ1n) is 10.1. The van der Waals surface area contributed by atoms with Gasteiger partial charge in [-0.15, -0.1) is 0 Å². The number of rotatable bonds is 7. The van der Waals surface area contributed by atoms with Gasteiger partial charge >= 0.3 is 0 Å². The summed E-state index contributed by atoms with van der Waals surface area (Å²) in [6, 6.07) is 2.31. The molecule has 0 bridgehead atoms. The van der Waals surface area contributed by atoms with Gasteiger partial charge in [0.05, 0.1) is 29.9 Å². The van der Waals surface area contributed by atoms with E-state index in [0.717, 1.165) is 30.0 Å². The Balaban J connectivity index is 1.41. The van der Waals surface area contributed by atoms with E-state index in [2.05, 4.69) is 36.7 Å². The molecule has 2 atom stereocenters. The minimum Gasteiger partial charge on any atom is -0.352 e. The van der Waals surface area contributed by atoms with Crippen LogP contribution in [-0.4, -0.2) is 51.1 Å². The van der Waals surface area contributed by atoms with Gasteiger partial charge in [-0.25, -0.2) is 9.37 Å². The fraction of sp³-hybridized carbons (Fsp3) is 0.600. The zero-order valence-corrected chi connectivity index (χ0v) is 16.9. The van der Waals surface area contributed by atoms with Crippen molar-refractivity contribution in [3.63, 3.8) is 0 Å². The Morgan fingerprint density at radius 3 is 2.83 bits per heavy atom. The average molecular weight is 398 g/mol. The molecule has 1 saturated heterocycles. The Morgan fingerprint density at radius 2 is 2.17 bits per heavy atom. The standard InChI is InChI=1S/C20H27FN8/c1-14-8-23-19(26-17-10-25-28(2)11-17)27-18(14)29-12-20(13-29,5-6-22)24-9-15-3-4-16(21)7-15/h8,10-11,15-16,24H,3-5,7,9,12-13H2,1-2H3,(H,23,26,27)/t15-,16+/m0/s1. The van der Waals surface area contributed by atoms with Crippen molar-refractivity contribution in [2.75, 3.05) is 29.9 Å². The van der Waals surface area contributed by atoms with E-state index in [1.807, 2.05) is 20.2 Å². The first kappa shape index (κ1) is 19.6. The molecular formula is C20H27FN8. The summed E-state index contributed by atoms with van der Waals surface area (Å²) < 4.78 is 15.2. The molecule has 0 aromatic carbocycles. The third kappa shape index (κ3) is 4.32. The van der Waals surface area contributed by atoms with E-state index in [0.29, 0.717) is 44.2 Å². The second-order valence-electron chi connectivity index (χ2n) is 8.36. The smallest absolute Gasteiger partial charge is 0.229 e.